The molecular formula is C14H23F3N2O. The van der Waals surface area contributed by atoms with Crippen molar-refractivity contribution in [3.8, 4) is 0 Å². The van der Waals surface area contributed by atoms with Gasteiger partial charge >= 0.3 is 6.18 Å². The minimum Gasteiger partial charge on any atom is -0.338 e. The van der Waals surface area contributed by atoms with Crippen LogP contribution in [0.15, 0.2) is 0 Å². The summed E-state index contributed by atoms with van der Waals surface area (Å²) in [6, 6.07) is -0.167. The first-order valence-corrected chi connectivity index (χ1v) is 7.54. The maximum absolute atomic E-state index is 12.6. The molecule has 0 radical (unpaired) electrons. The molecule has 2 saturated heterocycles. The van der Waals surface area contributed by atoms with Gasteiger partial charge in [-0.05, 0) is 38.5 Å². The molecule has 0 saturated carbocycles. The predicted octanol–water partition coefficient (Wildman–Crippen LogP) is 2.71. The highest BCUT2D eigenvalue weighted by molar-refractivity contribution is 5.82. The summed E-state index contributed by atoms with van der Waals surface area (Å²) in [6.07, 6.45) is 0.256. The second-order valence-corrected chi connectivity index (χ2v) is 5.87. The van der Waals surface area contributed by atoms with Crippen LogP contribution in [0.25, 0.3) is 0 Å². The number of carbonyl (C=O) groups excluding carboxylic acids is 1. The number of amides is 1. The molecular weight excluding hydrogens is 269 g/mol. The van der Waals surface area contributed by atoms with E-state index in [4.69, 9.17) is 0 Å². The average molecular weight is 292 g/mol. The Morgan fingerprint density at radius 3 is 2.55 bits per heavy atom. The fourth-order valence-corrected chi connectivity index (χ4v) is 3.26. The van der Waals surface area contributed by atoms with Crippen LogP contribution < -0.4 is 5.32 Å². The van der Waals surface area contributed by atoms with Gasteiger partial charge in [0, 0.05) is 19.1 Å². The highest BCUT2D eigenvalue weighted by Crippen LogP contribution is 2.32. The quantitative estimate of drug-likeness (QED) is 0.848. The van der Waals surface area contributed by atoms with Crippen molar-refractivity contribution in [3.05, 3.63) is 0 Å². The zero-order valence-electron chi connectivity index (χ0n) is 11.9. The summed E-state index contributed by atoms with van der Waals surface area (Å²) in [5.74, 6) is -1.31. The molecule has 116 valence electrons. The second kappa shape index (κ2) is 6.33. The number of nitrogens with zero attached hydrogens (tertiary/aromatic N) is 1. The van der Waals surface area contributed by atoms with Crippen LogP contribution in [0.2, 0.25) is 0 Å². The molecule has 6 heteroatoms. The van der Waals surface area contributed by atoms with Gasteiger partial charge < -0.3 is 10.2 Å². The number of piperidine rings is 2. The van der Waals surface area contributed by atoms with Crippen molar-refractivity contribution < 1.29 is 18.0 Å². The Hall–Kier alpha value is -0.780. The number of likely N-dealkylation sites (tertiary alicyclic amines) is 1. The van der Waals surface area contributed by atoms with Gasteiger partial charge in [-0.2, -0.15) is 13.2 Å². The van der Waals surface area contributed by atoms with Crippen molar-refractivity contribution in [3.63, 3.8) is 0 Å². The van der Waals surface area contributed by atoms with Gasteiger partial charge in [0.2, 0.25) is 5.91 Å². The topological polar surface area (TPSA) is 32.3 Å². The summed E-state index contributed by atoms with van der Waals surface area (Å²) in [5.41, 5.74) is 0. The van der Waals surface area contributed by atoms with Gasteiger partial charge in [0.05, 0.1) is 12.0 Å². The van der Waals surface area contributed by atoms with Crippen molar-refractivity contribution >= 4 is 5.91 Å². The van der Waals surface area contributed by atoms with Crippen molar-refractivity contribution in [1.82, 2.24) is 10.2 Å². The van der Waals surface area contributed by atoms with E-state index < -0.39 is 18.1 Å². The molecule has 0 aromatic rings. The van der Waals surface area contributed by atoms with Crippen LogP contribution >= 0.6 is 0 Å². The second-order valence-electron chi connectivity index (χ2n) is 5.87. The van der Waals surface area contributed by atoms with Gasteiger partial charge in [-0.15, -0.1) is 0 Å². The van der Waals surface area contributed by atoms with Crippen LogP contribution in [-0.4, -0.2) is 42.2 Å². The van der Waals surface area contributed by atoms with Crippen molar-refractivity contribution in [2.45, 2.75) is 63.7 Å². The normalized spacial score (nSPS) is 32.2. The van der Waals surface area contributed by atoms with Crippen LogP contribution in [0.5, 0.6) is 0 Å². The van der Waals surface area contributed by atoms with Crippen molar-refractivity contribution in [1.29, 1.82) is 0 Å². The summed E-state index contributed by atoms with van der Waals surface area (Å²) in [6.45, 7) is 2.67. The van der Waals surface area contributed by atoms with Gasteiger partial charge in [-0.3, -0.25) is 4.79 Å². The Bertz CT molecular complexity index is 338. The lowest BCUT2D eigenvalue weighted by Gasteiger charge is -2.39. The van der Waals surface area contributed by atoms with Crippen LogP contribution in [0.1, 0.15) is 45.4 Å². The Kier molecular flexibility index (Phi) is 4.94. The minimum atomic E-state index is -4.15. The summed E-state index contributed by atoms with van der Waals surface area (Å²) < 4.78 is 37.8. The first kappa shape index (κ1) is 15.6. The fraction of sp³-hybridized carbons (Fsp3) is 0.929. The number of nitrogens with one attached hydrogen (secondary N) is 1. The van der Waals surface area contributed by atoms with Crippen molar-refractivity contribution in [2.24, 2.45) is 5.92 Å². The summed E-state index contributed by atoms with van der Waals surface area (Å²) in [4.78, 5) is 14.3. The van der Waals surface area contributed by atoms with Gasteiger partial charge in [0.15, 0.2) is 0 Å². The third-order valence-electron chi connectivity index (χ3n) is 4.56. The highest BCUT2D eigenvalue weighted by Gasteiger charge is 2.43. The molecule has 3 nitrogen and oxygen atoms in total. The number of hydrogen-bond acceptors (Lipinski definition) is 2. The van der Waals surface area contributed by atoms with E-state index in [9.17, 15) is 18.0 Å². The third-order valence-corrected chi connectivity index (χ3v) is 4.56. The number of hydrogen-bond donors (Lipinski definition) is 1. The van der Waals surface area contributed by atoms with Gasteiger partial charge in [0.25, 0.3) is 0 Å². The number of halogens is 3. The predicted molar refractivity (Wildman–Crippen MR) is 70.2 cm³/mol. The van der Waals surface area contributed by atoms with Crippen LogP contribution in [-0.2, 0) is 4.79 Å². The lowest BCUT2D eigenvalue weighted by Crippen LogP contribution is -2.55. The van der Waals surface area contributed by atoms with Crippen LogP contribution in [0.3, 0.4) is 0 Å². The van der Waals surface area contributed by atoms with E-state index >= 15 is 0 Å². The van der Waals surface area contributed by atoms with E-state index in [0.717, 1.165) is 32.2 Å². The monoisotopic (exact) mass is 292 g/mol. The number of carbonyl (C=O) groups is 1. The molecule has 20 heavy (non-hydrogen) atoms. The first-order valence-electron chi connectivity index (χ1n) is 7.54. The van der Waals surface area contributed by atoms with Gasteiger partial charge in [-0.25, -0.2) is 0 Å². The SMILES string of the molecule is CCC1CCCCN1C(=O)C1CCC(C(F)(F)F)CN1. The van der Waals surface area contributed by atoms with E-state index in [1.165, 1.54) is 0 Å². The molecule has 0 aromatic carbocycles. The highest BCUT2D eigenvalue weighted by atomic mass is 19.4. The fourth-order valence-electron chi connectivity index (χ4n) is 3.26. The third kappa shape index (κ3) is 3.45. The molecule has 3 unspecified atom stereocenters. The largest absolute Gasteiger partial charge is 0.393 e. The molecule has 3 atom stereocenters. The minimum absolute atomic E-state index is 0.00262. The molecule has 2 fully saturated rings. The molecule has 2 aliphatic heterocycles. The number of rotatable bonds is 2. The van der Waals surface area contributed by atoms with Gasteiger partial charge in [0.1, 0.15) is 0 Å². The smallest absolute Gasteiger partial charge is 0.338 e. The maximum atomic E-state index is 12.6. The van der Waals surface area contributed by atoms with Crippen LogP contribution in [0.4, 0.5) is 13.2 Å². The zero-order valence-corrected chi connectivity index (χ0v) is 11.9. The Balaban J connectivity index is 1.91. The summed E-state index contributed by atoms with van der Waals surface area (Å²) in [5, 5.41) is 2.81. The maximum Gasteiger partial charge on any atom is 0.393 e. The Morgan fingerprint density at radius 1 is 1.25 bits per heavy atom. The van der Waals surface area contributed by atoms with E-state index in [-0.39, 0.29) is 31.3 Å². The summed E-state index contributed by atoms with van der Waals surface area (Å²) >= 11 is 0. The molecule has 0 aliphatic carbocycles. The average Bonchev–Trinajstić information content (AvgIpc) is 2.45. The molecule has 2 rings (SSSR count). The number of alkyl halides is 3. The molecule has 1 amide bonds. The molecule has 0 aromatic heterocycles. The lowest BCUT2D eigenvalue weighted by molar-refractivity contribution is -0.181. The Morgan fingerprint density at radius 2 is 2.00 bits per heavy atom. The standard InChI is InChI=1S/C14H23F3N2O/c1-2-11-5-3-4-8-19(11)13(20)12-7-6-10(9-18-12)14(15,16)17/h10-12,18H,2-9H2,1H3. The molecule has 2 heterocycles. The molecule has 0 bridgehead atoms. The van der Waals surface area contributed by atoms with E-state index in [0.29, 0.717) is 0 Å². The van der Waals surface area contributed by atoms with Crippen molar-refractivity contribution in [2.75, 3.05) is 13.1 Å². The first-order chi connectivity index (χ1) is 9.43. The molecule has 2 aliphatic rings. The van der Waals surface area contributed by atoms with Crippen LogP contribution in [0, 0.1) is 5.92 Å². The Labute approximate surface area is 117 Å². The van der Waals surface area contributed by atoms with E-state index in [2.05, 4.69) is 12.2 Å². The van der Waals surface area contributed by atoms with E-state index in [1.54, 1.807) is 0 Å². The van der Waals surface area contributed by atoms with E-state index in [1.807, 2.05) is 4.90 Å². The van der Waals surface area contributed by atoms with Gasteiger partial charge in [-0.1, -0.05) is 6.92 Å². The molecule has 0 spiro atoms. The lowest BCUT2D eigenvalue weighted by atomic mass is 9.92. The zero-order chi connectivity index (χ0) is 14.8. The molecule has 1 N–H and O–H groups in total. The summed E-state index contributed by atoms with van der Waals surface area (Å²) in [7, 11) is 0.